The number of H-pyrrole nitrogens is 1. The van der Waals surface area contributed by atoms with Crippen LogP contribution >= 0.6 is 0 Å². The molecule has 1 saturated heterocycles. The maximum atomic E-state index is 12.2. The lowest BCUT2D eigenvalue weighted by Crippen LogP contribution is -2.43. The van der Waals surface area contributed by atoms with Crippen LogP contribution in [0, 0.1) is 6.92 Å². The van der Waals surface area contributed by atoms with E-state index < -0.39 is 45.8 Å². The summed E-state index contributed by atoms with van der Waals surface area (Å²) in [6.07, 6.45) is -2.11. The van der Waals surface area contributed by atoms with Gasteiger partial charge in [0.15, 0.2) is 6.23 Å². The molecule has 0 amide bonds. The van der Waals surface area contributed by atoms with Crippen molar-refractivity contribution in [2.45, 2.75) is 51.4 Å². The highest BCUT2D eigenvalue weighted by molar-refractivity contribution is 7.89. The number of aromatic nitrogens is 2. The lowest BCUT2D eigenvalue weighted by Gasteiger charge is -2.25. The summed E-state index contributed by atoms with van der Waals surface area (Å²) < 4.78 is 44.6. The van der Waals surface area contributed by atoms with E-state index in [-0.39, 0.29) is 11.9 Å². The second kappa shape index (κ2) is 8.01. The Balaban J connectivity index is 2.46. The molecule has 0 bridgehead atoms. The first-order valence-corrected chi connectivity index (χ1v) is 9.82. The van der Waals surface area contributed by atoms with Crippen LogP contribution < -0.4 is 16.0 Å². The third kappa shape index (κ3) is 4.41. The van der Waals surface area contributed by atoms with Gasteiger partial charge in [-0.1, -0.05) is 0 Å². The number of hydrogen-bond acceptors (Lipinski definition) is 7. The molecule has 1 unspecified atom stereocenters. The molecule has 2 heterocycles. The van der Waals surface area contributed by atoms with Gasteiger partial charge in [-0.2, -0.15) is 0 Å². The Morgan fingerprint density at radius 2 is 2.00 bits per heavy atom. The van der Waals surface area contributed by atoms with E-state index in [9.17, 15) is 18.0 Å². The summed E-state index contributed by atoms with van der Waals surface area (Å²) in [5.74, 6) is -0.353. The molecule has 1 aromatic heterocycles. The molecule has 1 fully saturated rings. The normalized spacial score (nSPS) is 26.5. The van der Waals surface area contributed by atoms with Gasteiger partial charge in [0, 0.05) is 18.9 Å². The minimum Gasteiger partial charge on any atom is -0.374 e. The van der Waals surface area contributed by atoms with Gasteiger partial charge in [0.25, 0.3) is 5.56 Å². The molecule has 0 saturated carbocycles. The van der Waals surface area contributed by atoms with Crippen LogP contribution in [-0.2, 0) is 24.2 Å². The Bertz CT molecular complexity index is 846. The van der Waals surface area contributed by atoms with Gasteiger partial charge < -0.3 is 14.2 Å². The average Bonchev–Trinajstić information content (AvgIpc) is 2.87. The van der Waals surface area contributed by atoms with E-state index in [0.717, 1.165) is 0 Å². The Hall–Kier alpha value is -1.53. The molecule has 0 radical (unpaired) electrons. The third-order valence-corrected chi connectivity index (χ3v) is 5.49. The van der Waals surface area contributed by atoms with Gasteiger partial charge >= 0.3 is 5.69 Å². The molecule has 0 aromatic carbocycles. The highest BCUT2D eigenvalue weighted by Gasteiger charge is 2.48. The first-order valence-electron chi connectivity index (χ1n) is 8.16. The zero-order valence-corrected chi connectivity index (χ0v) is 16.2. The van der Waals surface area contributed by atoms with Gasteiger partial charge in [-0.3, -0.25) is 14.3 Å². The molecule has 11 heteroatoms. The van der Waals surface area contributed by atoms with Crippen molar-refractivity contribution in [3.8, 4) is 0 Å². The molecule has 148 valence electrons. The summed E-state index contributed by atoms with van der Waals surface area (Å²) in [6.45, 7) is 5.16. The summed E-state index contributed by atoms with van der Waals surface area (Å²) >= 11 is 0. The fraction of sp³-hybridized carbons (Fsp3) is 0.733. The van der Waals surface area contributed by atoms with Crippen molar-refractivity contribution in [2.75, 3.05) is 19.9 Å². The van der Waals surface area contributed by atoms with Crippen molar-refractivity contribution in [2.24, 2.45) is 0 Å². The SMILES string of the molecule is CNS(=O)(=O)CC1O[C@@H](n2cc(C)c(=O)[nH]c2=O)[C@H](OC)[C@@H]1OC(C)C. The van der Waals surface area contributed by atoms with E-state index in [4.69, 9.17) is 14.2 Å². The molecule has 1 aliphatic rings. The topological polar surface area (TPSA) is 129 Å². The number of aromatic amines is 1. The Labute approximate surface area is 151 Å². The predicted molar refractivity (Wildman–Crippen MR) is 93.6 cm³/mol. The van der Waals surface area contributed by atoms with Crippen molar-refractivity contribution in [3.63, 3.8) is 0 Å². The summed E-state index contributed by atoms with van der Waals surface area (Å²) in [5.41, 5.74) is -0.855. The summed E-state index contributed by atoms with van der Waals surface area (Å²) in [5, 5.41) is 0. The molecule has 0 spiro atoms. The quantitative estimate of drug-likeness (QED) is 0.616. The molecular formula is C15H25N3O7S. The molecule has 1 aromatic rings. The van der Waals surface area contributed by atoms with Gasteiger partial charge in [0.05, 0.1) is 11.9 Å². The first-order chi connectivity index (χ1) is 12.1. The van der Waals surface area contributed by atoms with E-state index in [1.54, 1.807) is 20.8 Å². The zero-order chi connectivity index (χ0) is 19.6. The standard InChI is InChI=1S/C15H25N3O7S/c1-8(2)24-11-10(7-26(21,22)16-4)25-14(12(11)23-5)18-6-9(3)13(19)17-15(18)20/h6,8,10-12,14,16H,7H2,1-5H3,(H,17,19,20)/t10?,11-,12-,14-/m1/s1. The summed E-state index contributed by atoms with van der Waals surface area (Å²) in [6, 6.07) is 0. The molecule has 2 N–H and O–H groups in total. The molecule has 2 rings (SSSR count). The fourth-order valence-electron chi connectivity index (χ4n) is 2.87. The third-order valence-electron chi connectivity index (χ3n) is 4.10. The lowest BCUT2D eigenvalue weighted by atomic mass is 10.1. The number of sulfonamides is 1. The van der Waals surface area contributed by atoms with Crippen LogP contribution in [0.15, 0.2) is 15.8 Å². The number of hydrogen-bond donors (Lipinski definition) is 2. The zero-order valence-electron chi connectivity index (χ0n) is 15.4. The molecule has 4 atom stereocenters. The Morgan fingerprint density at radius 3 is 2.54 bits per heavy atom. The number of rotatable bonds is 7. The smallest absolute Gasteiger partial charge is 0.330 e. The van der Waals surface area contributed by atoms with E-state index in [0.29, 0.717) is 5.56 Å². The molecule has 26 heavy (non-hydrogen) atoms. The van der Waals surface area contributed by atoms with Gasteiger partial charge in [0.1, 0.15) is 18.3 Å². The number of methoxy groups -OCH3 is 1. The van der Waals surface area contributed by atoms with Crippen LogP contribution in [0.4, 0.5) is 0 Å². The molecule has 0 aliphatic carbocycles. The van der Waals surface area contributed by atoms with Crippen LogP contribution in [0.5, 0.6) is 0 Å². The second-order valence-corrected chi connectivity index (χ2v) is 8.35. The van der Waals surface area contributed by atoms with Gasteiger partial charge in [-0.25, -0.2) is 17.9 Å². The molecule has 1 aliphatic heterocycles. The van der Waals surface area contributed by atoms with E-state index >= 15 is 0 Å². The van der Waals surface area contributed by atoms with Crippen LogP contribution in [0.2, 0.25) is 0 Å². The van der Waals surface area contributed by atoms with E-state index in [1.165, 1.54) is 24.9 Å². The van der Waals surface area contributed by atoms with E-state index in [2.05, 4.69) is 9.71 Å². The lowest BCUT2D eigenvalue weighted by molar-refractivity contribution is -0.0777. The highest BCUT2D eigenvalue weighted by Crippen LogP contribution is 2.33. The minimum absolute atomic E-state index is 0.214. The Kier molecular flexibility index (Phi) is 6.40. The number of nitrogens with one attached hydrogen (secondary N) is 2. The number of nitrogens with zero attached hydrogens (tertiary/aromatic N) is 1. The molecular weight excluding hydrogens is 366 g/mol. The second-order valence-electron chi connectivity index (χ2n) is 6.38. The highest BCUT2D eigenvalue weighted by atomic mass is 32.2. The minimum atomic E-state index is -3.59. The van der Waals surface area contributed by atoms with Crippen LogP contribution in [-0.4, -0.2) is 62.3 Å². The average molecular weight is 391 g/mol. The number of ether oxygens (including phenoxy) is 3. The maximum absolute atomic E-state index is 12.2. The monoisotopic (exact) mass is 391 g/mol. The largest absolute Gasteiger partial charge is 0.374 e. The van der Waals surface area contributed by atoms with Crippen LogP contribution in [0.3, 0.4) is 0 Å². The Morgan fingerprint density at radius 1 is 1.35 bits per heavy atom. The predicted octanol–water partition coefficient (Wildman–Crippen LogP) is -0.900. The summed E-state index contributed by atoms with van der Waals surface area (Å²) in [4.78, 5) is 26.0. The van der Waals surface area contributed by atoms with E-state index in [1.807, 2.05) is 0 Å². The molecule has 10 nitrogen and oxygen atoms in total. The van der Waals surface area contributed by atoms with Crippen molar-refractivity contribution in [1.82, 2.24) is 14.3 Å². The first kappa shape index (κ1) is 20.8. The summed E-state index contributed by atoms with van der Waals surface area (Å²) in [7, 11) is -0.854. The van der Waals surface area contributed by atoms with Gasteiger partial charge in [-0.15, -0.1) is 0 Å². The van der Waals surface area contributed by atoms with Gasteiger partial charge in [-0.05, 0) is 27.8 Å². The number of aryl methyl sites for hydroxylation is 1. The van der Waals surface area contributed by atoms with Crippen molar-refractivity contribution in [1.29, 1.82) is 0 Å². The van der Waals surface area contributed by atoms with Crippen molar-refractivity contribution >= 4 is 10.0 Å². The van der Waals surface area contributed by atoms with Crippen molar-refractivity contribution < 1.29 is 22.6 Å². The van der Waals surface area contributed by atoms with Crippen LogP contribution in [0.1, 0.15) is 25.6 Å². The van der Waals surface area contributed by atoms with Crippen molar-refractivity contribution in [3.05, 3.63) is 32.6 Å². The fourth-order valence-corrected chi connectivity index (χ4v) is 3.74. The van der Waals surface area contributed by atoms with Gasteiger partial charge in [0.2, 0.25) is 10.0 Å². The maximum Gasteiger partial charge on any atom is 0.330 e. The van der Waals surface area contributed by atoms with Crippen LogP contribution in [0.25, 0.3) is 0 Å².